The van der Waals surface area contributed by atoms with Gasteiger partial charge in [-0.1, -0.05) is 18.6 Å². The van der Waals surface area contributed by atoms with E-state index in [1.54, 1.807) is 13.8 Å². The molecule has 1 aliphatic heterocycles. The molecule has 1 saturated heterocycles. The number of cyclic esters (lactones) is 1. The molecule has 0 unspecified atom stereocenters. The van der Waals surface area contributed by atoms with E-state index in [1.807, 2.05) is 13.1 Å². The summed E-state index contributed by atoms with van der Waals surface area (Å²) in [4.78, 5) is 16.9. The fourth-order valence-electron chi connectivity index (χ4n) is 3.26. The van der Waals surface area contributed by atoms with Crippen LogP contribution in [0.4, 0.5) is 4.79 Å². The highest BCUT2D eigenvalue weighted by atomic mass is 16.6. The lowest BCUT2D eigenvalue weighted by atomic mass is 9.90. The van der Waals surface area contributed by atoms with Crippen molar-refractivity contribution in [2.45, 2.75) is 51.9 Å². The standard InChI is InChI=1S/C18H24N2O3/c1-5-17(3)18(4,22)20(16(21)23-17)9-8-13-11-19-15-7-6-12(2)10-14(13)15/h6-7,10-11,19,22H,5,8-9H2,1-4H3/t17-,18+/m1/s1. The number of aryl methyl sites for hydroxylation is 1. The number of carbonyl (C=O) groups is 1. The number of carbonyl (C=O) groups excluding carboxylic acids is 1. The van der Waals surface area contributed by atoms with E-state index >= 15 is 0 Å². The smallest absolute Gasteiger partial charge is 0.412 e. The summed E-state index contributed by atoms with van der Waals surface area (Å²) >= 11 is 0. The molecule has 1 amide bonds. The summed E-state index contributed by atoms with van der Waals surface area (Å²) in [7, 11) is 0. The molecule has 23 heavy (non-hydrogen) atoms. The number of ether oxygens (including phenoxy) is 1. The third kappa shape index (κ3) is 2.39. The first-order valence-electron chi connectivity index (χ1n) is 8.08. The molecular formula is C18H24N2O3. The van der Waals surface area contributed by atoms with Gasteiger partial charge in [-0.15, -0.1) is 0 Å². The van der Waals surface area contributed by atoms with Gasteiger partial charge in [-0.2, -0.15) is 0 Å². The number of H-pyrrole nitrogens is 1. The number of aromatic amines is 1. The van der Waals surface area contributed by atoms with Gasteiger partial charge in [0.05, 0.1) is 0 Å². The number of fused-ring (bicyclic) bond motifs is 1. The molecule has 5 heteroatoms. The number of nitrogens with zero attached hydrogens (tertiary/aromatic N) is 1. The maximum atomic E-state index is 12.2. The Kier molecular flexibility index (Phi) is 3.64. The minimum absolute atomic E-state index is 0.419. The number of benzene rings is 1. The maximum absolute atomic E-state index is 12.2. The van der Waals surface area contributed by atoms with E-state index in [1.165, 1.54) is 10.5 Å². The van der Waals surface area contributed by atoms with Gasteiger partial charge in [-0.3, -0.25) is 4.90 Å². The van der Waals surface area contributed by atoms with E-state index in [4.69, 9.17) is 4.74 Å². The van der Waals surface area contributed by atoms with Crippen LogP contribution >= 0.6 is 0 Å². The summed E-state index contributed by atoms with van der Waals surface area (Å²) in [5.41, 5.74) is 1.24. The molecule has 0 aliphatic carbocycles. The van der Waals surface area contributed by atoms with E-state index in [9.17, 15) is 9.90 Å². The van der Waals surface area contributed by atoms with Crippen LogP contribution in [0.15, 0.2) is 24.4 Å². The Morgan fingerprint density at radius 3 is 2.74 bits per heavy atom. The van der Waals surface area contributed by atoms with Crippen molar-refractivity contribution in [1.82, 2.24) is 9.88 Å². The Bertz CT molecular complexity index is 750. The lowest BCUT2D eigenvalue weighted by molar-refractivity contribution is -0.137. The first kappa shape index (κ1) is 15.9. The summed E-state index contributed by atoms with van der Waals surface area (Å²) in [5.74, 6) is 0. The van der Waals surface area contributed by atoms with Crippen LogP contribution in [0.1, 0.15) is 38.3 Å². The highest BCUT2D eigenvalue weighted by Crippen LogP contribution is 2.39. The van der Waals surface area contributed by atoms with Gasteiger partial charge < -0.3 is 14.8 Å². The first-order chi connectivity index (χ1) is 10.8. The predicted octanol–water partition coefficient (Wildman–Crippen LogP) is 3.35. The fourth-order valence-corrected chi connectivity index (χ4v) is 3.26. The predicted molar refractivity (Wildman–Crippen MR) is 89.2 cm³/mol. The average Bonchev–Trinajstić information content (AvgIpc) is 2.95. The number of hydrogen-bond acceptors (Lipinski definition) is 3. The zero-order valence-electron chi connectivity index (χ0n) is 14.1. The highest BCUT2D eigenvalue weighted by molar-refractivity contribution is 5.84. The highest BCUT2D eigenvalue weighted by Gasteiger charge is 2.57. The SMILES string of the molecule is CC[C@@]1(C)OC(=O)N(CCc2c[nH]c3ccc(C)cc23)[C@@]1(C)O. The van der Waals surface area contributed by atoms with E-state index in [-0.39, 0.29) is 0 Å². The van der Waals surface area contributed by atoms with E-state index in [2.05, 4.69) is 30.1 Å². The molecule has 2 N–H and O–H groups in total. The summed E-state index contributed by atoms with van der Waals surface area (Å²) in [5, 5.41) is 12.0. The Balaban J connectivity index is 1.82. The van der Waals surface area contributed by atoms with Gasteiger partial charge in [0.25, 0.3) is 0 Å². The Labute approximate surface area is 136 Å². The van der Waals surface area contributed by atoms with Gasteiger partial charge in [0.1, 0.15) is 0 Å². The quantitative estimate of drug-likeness (QED) is 0.909. The van der Waals surface area contributed by atoms with Crippen molar-refractivity contribution in [3.05, 3.63) is 35.5 Å². The van der Waals surface area contributed by atoms with Crippen LogP contribution in [0, 0.1) is 6.92 Å². The minimum Gasteiger partial charge on any atom is -0.438 e. The molecule has 5 nitrogen and oxygen atoms in total. The second-order valence-electron chi connectivity index (χ2n) is 6.74. The third-order valence-corrected chi connectivity index (χ3v) is 5.26. The molecule has 0 saturated carbocycles. The lowest BCUT2D eigenvalue weighted by Crippen LogP contribution is -2.55. The number of hydrogen-bond donors (Lipinski definition) is 2. The molecule has 1 aromatic carbocycles. The first-order valence-corrected chi connectivity index (χ1v) is 8.08. The second-order valence-corrected chi connectivity index (χ2v) is 6.74. The molecule has 1 aliphatic rings. The molecule has 1 fully saturated rings. The fraction of sp³-hybridized carbons (Fsp3) is 0.500. The topological polar surface area (TPSA) is 65.6 Å². The Morgan fingerprint density at radius 2 is 2.09 bits per heavy atom. The van der Waals surface area contributed by atoms with Gasteiger partial charge >= 0.3 is 6.09 Å². The Hall–Kier alpha value is -2.01. The van der Waals surface area contributed by atoms with Crippen molar-refractivity contribution >= 4 is 17.0 Å². The summed E-state index contributed by atoms with van der Waals surface area (Å²) < 4.78 is 5.43. The van der Waals surface area contributed by atoms with Crippen LogP contribution in [0.3, 0.4) is 0 Å². The van der Waals surface area contributed by atoms with Gasteiger partial charge in [-0.05, 0) is 51.3 Å². The van der Waals surface area contributed by atoms with Crippen LogP contribution in [0.25, 0.3) is 10.9 Å². The number of nitrogens with one attached hydrogen (secondary N) is 1. The van der Waals surface area contributed by atoms with E-state index < -0.39 is 17.4 Å². The molecule has 2 atom stereocenters. The van der Waals surface area contributed by atoms with Crippen molar-refractivity contribution < 1.29 is 14.6 Å². The van der Waals surface area contributed by atoms with Crippen LogP contribution in [-0.4, -0.2) is 39.0 Å². The zero-order chi connectivity index (χ0) is 16.8. The molecule has 2 heterocycles. The monoisotopic (exact) mass is 316 g/mol. The van der Waals surface area contributed by atoms with Crippen molar-refractivity contribution in [3.63, 3.8) is 0 Å². The molecule has 0 spiro atoms. The van der Waals surface area contributed by atoms with Crippen molar-refractivity contribution in [3.8, 4) is 0 Å². The Morgan fingerprint density at radius 1 is 1.35 bits per heavy atom. The zero-order valence-corrected chi connectivity index (χ0v) is 14.1. The van der Waals surface area contributed by atoms with Gasteiger partial charge in [-0.25, -0.2) is 4.79 Å². The number of amides is 1. The van der Waals surface area contributed by atoms with Crippen LogP contribution in [-0.2, 0) is 11.2 Å². The molecule has 1 aromatic heterocycles. The molecule has 0 radical (unpaired) electrons. The van der Waals surface area contributed by atoms with Crippen LogP contribution < -0.4 is 0 Å². The number of aliphatic hydroxyl groups is 1. The van der Waals surface area contributed by atoms with Gasteiger partial charge in [0, 0.05) is 23.6 Å². The third-order valence-electron chi connectivity index (χ3n) is 5.26. The van der Waals surface area contributed by atoms with Crippen molar-refractivity contribution in [1.29, 1.82) is 0 Å². The average molecular weight is 316 g/mol. The van der Waals surface area contributed by atoms with E-state index in [0.717, 1.165) is 16.5 Å². The number of aromatic nitrogens is 1. The molecule has 124 valence electrons. The van der Waals surface area contributed by atoms with Crippen molar-refractivity contribution in [2.24, 2.45) is 0 Å². The second kappa shape index (κ2) is 5.27. The molecule has 2 aromatic rings. The minimum atomic E-state index is -1.30. The maximum Gasteiger partial charge on any atom is 0.412 e. The largest absolute Gasteiger partial charge is 0.438 e. The van der Waals surface area contributed by atoms with Gasteiger partial charge in [0.2, 0.25) is 0 Å². The van der Waals surface area contributed by atoms with Crippen LogP contribution in [0.5, 0.6) is 0 Å². The summed E-state index contributed by atoms with van der Waals surface area (Å²) in [6, 6.07) is 6.26. The lowest BCUT2D eigenvalue weighted by Gasteiger charge is -2.36. The van der Waals surface area contributed by atoms with Gasteiger partial charge in [0.15, 0.2) is 11.3 Å². The molecule has 0 bridgehead atoms. The summed E-state index contributed by atoms with van der Waals surface area (Å²) in [6.07, 6.45) is 2.75. The molecule has 3 rings (SSSR count). The summed E-state index contributed by atoms with van der Waals surface area (Å²) in [6.45, 7) is 7.82. The van der Waals surface area contributed by atoms with Crippen LogP contribution in [0.2, 0.25) is 0 Å². The normalized spacial score (nSPS) is 27.7. The van der Waals surface area contributed by atoms with E-state index in [0.29, 0.717) is 19.4 Å². The van der Waals surface area contributed by atoms with Crippen molar-refractivity contribution in [2.75, 3.05) is 6.54 Å². The number of rotatable bonds is 4. The molecular weight excluding hydrogens is 292 g/mol.